The standard InChI is InChI=1S/C17H27N3O2/c1-5-6-14-11-16(19-18-14)17(21)20(3)12(2)13-7-9-15(22-4)10-8-13/h7-10,12,14,16,18-19H,5-6,11H2,1-4H3. The summed E-state index contributed by atoms with van der Waals surface area (Å²) in [5, 5.41) is 0. The van der Waals surface area contributed by atoms with Crippen LogP contribution in [0.15, 0.2) is 24.3 Å². The molecule has 5 heteroatoms. The molecule has 0 radical (unpaired) electrons. The maximum atomic E-state index is 12.6. The molecule has 1 aliphatic rings. The van der Waals surface area contributed by atoms with Gasteiger partial charge in [-0.1, -0.05) is 25.5 Å². The number of hydrogen-bond donors (Lipinski definition) is 2. The van der Waals surface area contributed by atoms with E-state index in [0.29, 0.717) is 6.04 Å². The summed E-state index contributed by atoms with van der Waals surface area (Å²) in [4.78, 5) is 14.4. The van der Waals surface area contributed by atoms with E-state index >= 15 is 0 Å². The molecule has 0 aromatic heterocycles. The van der Waals surface area contributed by atoms with Gasteiger partial charge in [-0.25, -0.2) is 5.43 Å². The van der Waals surface area contributed by atoms with Gasteiger partial charge in [0.1, 0.15) is 11.8 Å². The minimum atomic E-state index is -0.137. The molecule has 5 nitrogen and oxygen atoms in total. The van der Waals surface area contributed by atoms with Crippen molar-refractivity contribution in [1.82, 2.24) is 15.8 Å². The van der Waals surface area contributed by atoms with Crippen molar-refractivity contribution in [3.63, 3.8) is 0 Å². The van der Waals surface area contributed by atoms with Crippen LogP contribution < -0.4 is 15.6 Å². The van der Waals surface area contributed by atoms with Crippen molar-refractivity contribution in [3.8, 4) is 5.75 Å². The Kier molecular flexibility index (Phi) is 5.80. The summed E-state index contributed by atoms with van der Waals surface area (Å²) >= 11 is 0. The van der Waals surface area contributed by atoms with Gasteiger partial charge in [0, 0.05) is 13.1 Å². The highest BCUT2D eigenvalue weighted by Gasteiger charge is 2.32. The average Bonchev–Trinajstić information content (AvgIpc) is 3.02. The van der Waals surface area contributed by atoms with E-state index in [1.807, 2.05) is 43.1 Å². The third-order valence-electron chi connectivity index (χ3n) is 4.44. The largest absolute Gasteiger partial charge is 0.497 e. The Morgan fingerprint density at radius 2 is 2.05 bits per heavy atom. The fourth-order valence-corrected chi connectivity index (χ4v) is 2.86. The van der Waals surface area contributed by atoms with Crippen molar-refractivity contribution in [2.45, 2.75) is 51.2 Å². The first-order valence-electron chi connectivity index (χ1n) is 7.98. The van der Waals surface area contributed by atoms with E-state index in [2.05, 4.69) is 17.8 Å². The molecule has 122 valence electrons. The zero-order chi connectivity index (χ0) is 16.1. The lowest BCUT2D eigenvalue weighted by atomic mass is 10.0. The summed E-state index contributed by atoms with van der Waals surface area (Å²) in [5.74, 6) is 0.961. The number of methoxy groups -OCH3 is 1. The van der Waals surface area contributed by atoms with Gasteiger partial charge in [-0.15, -0.1) is 0 Å². The number of ether oxygens (including phenoxy) is 1. The van der Waals surface area contributed by atoms with Gasteiger partial charge < -0.3 is 9.64 Å². The highest BCUT2D eigenvalue weighted by atomic mass is 16.5. The minimum Gasteiger partial charge on any atom is -0.497 e. The Morgan fingerprint density at radius 3 is 2.64 bits per heavy atom. The Morgan fingerprint density at radius 1 is 1.36 bits per heavy atom. The summed E-state index contributed by atoms with van der Waals surface area (Å²) in [6, 6.07) is 8.16. The molecule has 2 N–H and O–H groups in total. The molecule has 1 heterocycles. The third-order valence-corrected chi connectivity index (χ3v) is 4.44. The van der Waals surface area contributed by atoms with E-state index in [4.69, 9.17) is 4.74 Å². The Bertz CT molecular complexity index is 489. The summed E-state index contributed by atoms with van der Waals surface area (Å²) < 4.78 is 5.17. The number of likely N-dealkylation sites (N-methyl/N-ethyl adjacent to an activating group) is 1. The van der Waals surface area contributed by atoms with Crippen LogP contribution >= 0.6 is 0 Å². The van der Waals surface area contributed by atoms with E-state index < -0.39 is 0 Å². The zero-order valence-corrected chi connectivity index (χ0v) is 13.9. The molecule has 22 heavy (non-hydrogen) atoms. The zero-order valence-electron chi connectivity index (χ0n) is 13.9. The Balaban J connectivity index is 1.97. The maximum absolute atomic E-state index is 12.6. The topological polar surface area (TPSA) is 53.6 Å². The molecular weight excluding hydrogens is 278 g/mol. The van der Waals surface area contributed by atoms with Gasteiger partial charge in [-0.2, -0.15) is 0 Å². The summed E-state index contributed by atoms with van der Waals surface area (Å²) in [5.41, 5.74) is 7.46. The summed E-state index contributed by atoms with van der Waals surface area (Å²) in [6.45, 7) is 4.21. The van der Waals surface area contributed by atoms with Crippen molar-refractivity contribution in [1.29, 1.82) is 0 Å². The smallest absolute Gasteiger partial charge is 0.241 e. The second-order valence-corrected chi connectivity index (χ2v) is 5.96. The van der Waals surface area contributed by atoms with Gasteiger partial charge >= 0.3 is 0 Å². The molecule has 0 bridgehead atoms. The number of rotatable bonds is 6. The molecule has 1 aliphatic heterocycles. The normalized spacial score (nSPS) is 22.4. The fourth-order valence-electron chi connectivity index (χ4n) is 2.86. The maximum Gasteiger partial charge on any atom is 0.241 e. The predicted molar refractivity (Wildman–Crippen MR) is 87.6 cm³/mol. The first-order chi connectivity index (χ1) is 10.6. The van der Waals surface area contributed by atoms with E-state index in [1.54, 1.807) is 7.11 Å². The number of carbonyl (C=O) groups excluding carboxylic acids is 1. The summed E-state index contributed by atoms with van der Waals surface area (Å²) in [7, 11) is 3.52. The molecule has 1 aromatic rings. The Hall–Kier alpha value is -1.59. The van der Waals surface area contributed by atoms with E-state index in [9.17, 15) is 4.79 Å². The van der Waals surface area contributed by atoms with Crippen LogP contribution in [0.3, 0.4) is 0 Å². The highest BCUT2D eigenvalue weighted by molar-refractivity contribution is 5.82. The highest BCUT2D eigenvalue weighted by Crippen LogP contribution is 2.23. The van der Waals surface area contributed by atoms with Gasteiger partial charge in [0.2, 0.25) is 5.91 Å². The number of nitrogens with one attached hydrogen (secondary N) is 2. The second kappa shape index (κ2) is 7.61. The quantitative estimate of drug-likeness (QED) is 0.846. The fraction of sp³-hybridized carbons (Fsp3) is 0.588. The van der Waals surface area contributed by atoms with Crippen LogP contribution in [0.1, 0.15) is 44.7 Å². The van der Waals surface area contributed by atoms with Crippen molar-refractivity contribution < 1.29 is 9.53 Å². The number of benzene rings is 1. The van der Waals surface area contributed by atoms with E-state index in [0.717, 1.165) is 30.6 Å². The van der Waals surface area contributed by atoms with Crippen molar-refractivity contribution in [3.05, 3.63) is 29.8 Å². The lowest BCUT2D eigenvalue weighted by Crippen LogP contribution is -2.45. The lowest BCUT2D eigenvalue weighted by Gasteiger charge is -2.28. The molecule has 0 spiro atoms. The molecule has 0 saturated carbocycles. The second-order valence-electron chi connectivity index (χ2n) is 5.96. The number of carbonyl (C=O) groups is 1. The van der Waals surface area contributed by atoms with Crippen LogP contribution in [0.5, 0.6) is 5.75 Å². The molecule has 1 aromatic carbocycles. The molecule has 1 fully saturated rings. The third kappa shape index (κ3) is 3.78. The average molecular weight is 305 g/mol. The van der Waals surface area contributed by atoms with Gasteiger partial charge in [0.05, 0.1) is 13.2 Å². The molecule has 1 amide bonds. The summed E-state index contributed by atoms with van der Waals surface area (Å²) in [6.07, 6.45) is 3.07. The Labute approximate surface area is 133 Å². The van der Waals surface area contributed by atoms with Gasteiger partial charge in [-0.05, 0) is 37.5 Å². The number of hydrogen-bond acceptors (Lipinski definition) is 4. The van der Waals surface area contributed by atoms with Gasteiger partial charge in [-0.3, -0.25) is 10.2 Å². The van der Waals surface area contributed by atoms with E-state index in [1.165, 1.54) is 0 Å². The van der Waals surface area contributed by atoms with Crippen molar-refractivity contribution >= 4 is 5.91 Å². The van der Waals surface area contributed by atoms with Crippen LogP contribution in [0.2, 0.25) is 0 Å². The first kappa shape index (κ1) is 16.8. The molecular formula is C17H27N3O2. The predicted octanol–water partition coefficient (Wildman–Crippen LogP) is 2.25. The van der Waals surface area contributed by atoms with Crippen LogP contribution in [0.4, 0.5) is 0 Å². The van der Waals surface area contributed by atoms with Crippen LogP contribution in [-0.2, 0) is 4.79 Å². The molecule has 2 rings (SSSR count). The first-order valence-corrected chi connectivity index (χ1v) is 7.98. The molecule has 3 atom stereocenters. The SMILES string of the molecule is CCCC1CC(C(=O)N(C)C(C)c2ccc(OC)cc2)NN1. The number of nitrogens with zero attached hydrogens (tertiary/aromatic N) is 1. The molecule has 0 aliphatic carbocycles. The number of amides is 1. The molecule has 3 unspecified atom stereocenters. The van der Waals surface area contributed by atoms with Crippen molar-refractivity contribution in [2.75, 3.05) is 14.2 Å². The monoisotopic (exact) mass is 305 g/mol. The van der Waals surface area contributed by atoms with Gasteiger partial charge in [0.15, 0.2) is 0 Å². The number of hydrazine groups is 1. The van der Waals surface area contributed by atoms with Crippen LogP contribution in [0.25, 0.3) is 0 Å². The van der Waals surface area contributed by atoms with E-state index in [-0.39, 0.29) is 18.0 Å². The van der Waals surface area contributed by atoms with Crippen LogP contribution in [-0.4, -0.2) is 37.0 Å². The lowest BCUT2D eigenvalue weighted by molar-refractivity contribution is -0.133. The van der Waals surface area contributed by atoms with Crippen molar-refractivity contribution in [2.24, 2.45) is 0 Å². The van der Waals surface area contributed by atoms with Gasteiger partial charge in [0.25, 0.3) is 0 Å². The van der Waals surface area contributed by atoms with Crippen LogP contribution in [0, 0.1) is 0 Å². The minimum absolute atomic E-state index is 0.0328. The molecule has 1 saturated heterocycles.